The minimum atomic E-state index is 0.566. The Hall–Kier alpha value is -1.36. The van der Waals surface area contributed by atoms with Crippen LogP contribution < -0.4 is 10.2 Å². The van der Waals surface area contributed by atoms with Crippen molar-refractivity contribution in [1.82, 2.24) is 14.9 Å². The van der Waals surface area contributed by atoms with Gasteiger partial charge in [0.05, 0.1) is 0 Å². The first-order chi connectivity index (χ1) is 8.13. The third-order valence-corrected chi connectivity index (χ3v) is 3.55. The molecule has 0 aliphatic carbocycles. The van der Waals surface area contributed by atoms with Gasteiger partial charge in [-0.15, -0.1) is 0 Å². The Balaban J connectivity index is 2.23. The molecule has 2 heterocycles. The zero-order valence-corrected chi connectivity index (χ0v) is 11.1. The van der Waals surface area contributed by atoms with Gasteiger partial charge in [0.25, 0.3) is 0 Å². The largest absolute Gasteiger partial charge is 0.373 e. The Kier molecular flexibility index (Phi) is 3.47. The molecule has 1 N–H and O–H groups in total. The molecule has 0 aromatic carbocycles. The van der Waals surface area contributed by atoms with Crippen molar-refractivity contribution in [2.75, 3.05) is 43.9 Å². The van der Waals surface area contributed by atoms with Crippen LogP contribution in [-0.4, -0.2) is 54.6 Å². The van der Waals surface area contributed by atoms with Gasteiger partial charge in [0.15, 0.2) is 0 Å². The van der Waals surface area contributed by atoms with Gasteiger partial charge in [-0.3, -0.25) is 0 Å². The van der Waals surface area contributed by atoms with Crippen molar-refractivity contribution < 1.29 is 0 Å². The third-order valence-electron chi connectivity index (χ3n) is 3.55. The van der Waals surface area contributed by atoms with E-state index in [0.717, 1.165) is 36.8 Å². The zero-order valence-electron chi connectivity index (χ0n) is 11.1. The molecule has 1 aromatic rings. The molecule has 1 atom stereocenters. The first-order valence-electron chi connectivity index (χ1n) is 6.08. The topological polar surface area (TPSA) is 44.3 Å². The summed E-state index contributed by atoms with van der Waals surface area (Å²) < 4.78 is 0. The molecule has 1 unspecified atom stereocenters. The normalized spacial score (nSPS) is 21.6. The highest BCUT2D eigenvalue weighted by Crippen LogP contribution is 2.23. The maximum absolute atomic E-state index is 4.43. The van der Waals surface area contributed by atoms with E-state index in [1.165, 1.54) is 0 Å². The average Bonchev–Trinajstić information content (AvgIpc) is 2.33. The van der Waals surface area contributed by atoms with E-state index in [0.29, 0.717) is 6.04 Å². The quantitative estimate of drug-likeness (QED) is 0.827. The molecule has 17 heavy (non-hydrogen) atoms. The second-order valence-electron chi connectivity index (χ2n) is 4.70. The Morgan fingerprint density at radius 3 is 2.76 bits per heavy atom. The molecule has 1 aliphatic heterocycles. The number of rotatable bonds is 2. The van der Waals surface area contributed by atoms with E-state index in [9.17, 15) is 0 Å². The van der Waals surface area contributed by atoms with E-state index in [4.69, 9.17) is 0 Å². The summed E-state index contributed by atoms with van der Waals surface area (Å²) in [6.45, 7) is 7.46. The lowest BCUT2D eigenvalue weighted by Gasteiger charge is -2.38. The van der Waals surface area contributed by atoms with Crippen LogP contribution >= 0.6 is 0 Å². The number of hydrogen-bond acceptors (Lipinski definition) is 5. The number of likely N-dealkylation sites (N-methyl/N-ethyl adjacent to an activating group) is 1. The molecule has 0 spiro atoms. The first kappa shape index (κ1) is 12.1. The predicted molar refractivity (Wildman–Crippen MR) is 70.6 cm³/mol. The van der Waals surface area contributed by atoms with Crippen molar-refractivity contribution in [2.24, 2.45) is 0 Å². The lowest BCUT2D eigenvalue weighted by atomic mass is 10.2. The zero-order chi connectivity index (χ0) is 12.4. The van der Waals surface area contributed by atoms with Crippen molar-refractivity contribution in [3.8, 4) is 0 Å². The van der Waals surface area contributed by atoms with E-state index in [1.54, 1.807) is 6.33 Å². The van der Waals surface area contributed by atoms with Gasteiger partial charge in [0, 0.05) is 38.3 Å². The molecule has 0 bridgehead atoms. The van der Waals surface area contributed by atoms with Gasteiger partial charge in [-0.1, -0.05) is 0 Å². The number of anilines is 2. The molecule has 2 rings (SSSR count). The van der Waals surface area contributed by atoms with Crippen LogP contribution in [-0.2, 0) is 0 Å². The second kappa shape index (κ2) is 4.87. The highest BCUT2D eigenvalue weighted by Gasteiger charge is 2.23. The fraction of sp³-hybridized carbons (Fsp3) is 0.667. The maximum Gasteiger partial charge on any atom is 0.137 e. The first-order valence-corrected chi connectivity index (χ1v) is 6.08. The molecule has 1 fully saturated rings. The van der Waals surface area contributed by atoms with Gasteiger partial charge >= 0.3 is 0 Å². The Bertz CT molecular complexity index is 392. The van der Waals surface area contributed by atoms with Gasteiger partial charge in [0.2, 0.25) is 0 Å². The van der Waals surface area contributed by atoms with Crippen LogP contribution in [0.3, 0.4) is 0 Å². The molecular weight excluding hydrogens is 214 g/mol. The summed E-state index contributed by atoms with van der Waals surface area (Å²) in [7, 11) is 4.07. The van der Waals surface area contributed by atoms with Crippen LogP contribution in [0.25, 0.3) is 0 Å². The smallest absolute Gasteiger partial charge is 0.137 e. The summed E-state index contributed by atoms with van der Waals surface area (Å²) in [4.78, 5) is 13.4. The van der Waals surface area contributed by atoms with Crippen LogP contribution in [0.5, 0.6) is 0 Å². The minimum absolute atomic E-state index is 0.566. The Labute approximate surface area is 103 Å². The lowest BCUT2D eigenvalue weighted by Crippen LogP contribution is -2.50. The molecule has 1 aromatic heterocycles. The lowest BCUT2D eigenvalue weighted by molar-refractivity contribution is 0.233. The molecule has 5 heteroatoms. The number of piperazine rings is 1. The van der Waals surface area contributed by atoms with Crippen LogP contribution in [0.15, 0.2) is 6.33 Å². The molecule has 1 aliphatic rings. The standard InChI is InChI=1S/C12H21N5/c1-9-7-17(6-5-16(9)4)12-10(2)11(13-3)14-8-15-12/h8-9H,5-7H2,1-4H3,(H,13,14,15). The van der Waals surface area contributed by atoms with E-state index in [-0.39, 0.29) is 0 Å². The van der Waals surface area contributed by atoms with Gasteiger partial charge in [0.1, 0.15) is 18.0 Å². The summed E-state index contributed by atoms with van der Waals surface area (Å²) >= 11 is 0. The fourth-order valence-electron chi connectivity index (χ4n) is 2.25. The van der Waals surface area contributed by atoms with E-state index in [2.05, 4.69) is 46.0 Å². The van der Waals surface area contributed by atoms with Crippen LogP contribution in [0.4, 0.5) is 11.6 Å². The van der Waals surface area contributed by atoms with Gasteiger partial charge < -0.3 is 15.1 Å². The van der Waals surface area contributed by atoms with E-state index in [1.807, 2.05) is 7.05 Å². The van der Waals surface area contributed by atoms with Gasteiger partial charge in [-0.05, 0) is 20.9 Å². The van der Waals surface area contributed by atoms with E-state index < -0.39 is 0 Å². The van der Waals surface area contributed by atoms with Crippen LogP contribution in [0, 0.1) is 6.92 Å². The summed E-state index contributed by atoms with van der Waals surface area (Å²) in [5.41, 5.74) is 1.13. The molecule has 0 saturated carbocycles. The third kappa shape index (κ3) is 2.34. The molecule has 0 amide bonds. The SMILES string of the molecule is CNc1ncnc(N2CCN(C)C(C)C2)c1C. The van der Waals surface area contributed by atoms with Crippen LogP contribution in [0.2, 0.25) is 0 Å². The van der Waals surface area contributed by atoms with Gasteiger partial charge in [-0.2, -0.15) is 0 Å². The monoisotopic (exact) mass is 235 g/mol. The summed E-state index contributed by atoms with van der Waals surface area (Å²) in [6.07, 6.45) is 1.64. The summed E-state index contributed by atoms with van der Waals surface area (Å²) in [5, 5.41) is 3.11. The Morgan fingerprint density at radius 1 is 1.35 bits per heavy atom. The van der Waals surface area contributed by atoms with Crippen LogP contribution in [0.1, 0.15) is 12.5 Å². The molecular formula is C12H21N5. The molecule has 1 saturated heterocycles. The highest BCUT2D eigenvalue weighted by atomic mass is 15.3. The van der Waals surface area contributed by atoms with Crippen molar-refractivity contribution in [3.05, 3.63) is 11.9 Å². The van der Waals surface area contributed by atoms with Crippen molar-refractivity contribution >= 4 is 11.6 Å². The number of nitrogens with one attached hydrogen (secondary N) is 1. The van der Waals surface area contributed by atoms with Crippen molar-refractivity contribution in [3.63, 3.8) is 0 Å². The number of nitrogens with zero attached hydrogens (tertiary/aromatic N) is 4. The summed E-state index contributed by atoms with van der Waals surface area (Å²) in [6, 6.07) is 0.566. The predicted octanol–water partition coefficient (Wildman–Crippen LogP) is 0.967. The van der Waals surface area contributed by atoms with Crippen molar-refractivity contribution in [2.45, 2.75) is 19.9 Å². The van der Waals surface area contributed by atoms with E-state index >= 15 is 0 Å². The van der Waals surface area contributed by atoms with Crippen molar-refractivity contribution in [1.29, 1.82) is 0 Å². The maximum atomic E-state index is 4.43. The van der Waals surface area contributed by atoms with Gasteiger partial charge in [-0.25, -0.2) is 9.97 Å². The number of aromatic nitrogens is 2. The second-order valence-corrected chi connectivity index (χ2v) is 4.70. The Morgan fingerprint density at radius 2 is 2.12 bits per heavy atom. The molecule has 94 valence electrons. The minimum Gasteiger partial charge on any atom is -0.373 e. The summed E-state index contributed by atoms with van der Waals surface area (Å²) in [5.74, 6) is 1.98. The fourth-order valence-corrected chi connectivity index (χ4v) is 2.25. The molecule has 0 radical (unpaired) electrons. The highest BCUT2D eigenvalue weighted by molar-refractivity contribution is 5.57. The molecule has 5 nitrogen and oxygen atoms in total. The number of hydrogen-bond donors (Lipinski definition) is 1. The average molecular weight is 235 g/mol.